The van der Waals surface area contributed by atoms with E-state index in [4.69, 9.17) is 0 Å². The normalized spacial score (nSPS) is 20.0. The van der Waals surface area contributed by atoms with Gasteiger partial charge in [-0.1, -0.05) is 83.1 Å². The van der Waals surface area contributed by atoms with Crippen LogP contribution >= 0.6 is 0 Å². The number of rotatable bonds is 6. The first-order valence-electron chi connectivity index (χ1n) is 15.7. The van der Waals surface area contributed by atoms with Gasteiger partial charge >= 0.3 is 0 Å². The van der Waals surface area contributed by atoms with Gasteiger partial charge in [-0.3, -0.25) is 14.4 Å². The predicted octanol–water partition coefficient (Wildman–Crippen LogP) is 9.13. The fourth-order valence-corrected chi connectivity index (χ4v) is 6.08. The molecule has 0 unspecified atom stereocenters. The Labute approximate surface area is 253 Å². The van der Waals surface area contributed by atoms with E-state index in [1.54, 1.807) is 0 Å². The minimum atomic E-state index is 0.0980. The van der Waals surface area contributed by atoms with Gasteiger partial charge in [-0.05, 0) is 105 Å². The molecule has 4 aliphatic carbocycles. The van der Waals surface area contributed by atoms with Crippen molar-refractivity contribution in [3.8, 4) is 0 Å². The van der Waals surface area contributed by atoms with Crippen molar-refractivity contribution in [2.75, 3.05) is 0 Å². The molecule has 0 aliphatic heterocycles. The van der Waals surface area contributed by atoms with Gasteiger partial charge in [-0.2, -0.15) is 0 Å². The van der Waals surface area contributed by atoms with Crippen LogP contribution in [-0.2, 0) is 14.4 Å². The van der Waals surface area contributed by atoms with E-state index in [0.29, 0.717) is 0 Å². The summed E-state index contributed by atoms with van der Waals surface area (Å²) in [4.78, 5) is 40.2. The highest BCUT2D eigenvalue weighted by Gasteiger charge is 2.41. The minimum Gasteiger partial charge on any atom is -0.289 e. The maximum absolute atomic E-state index is 13.4. The number of ketones is 3. The van der Waals surface area contributed by atoms with Gasteiger partial charge in [0.2, 0.25) is 0 Å². The molecule has 3 heteroatoms. The third-order valence-electron chi connectivity index (χ3n) is 8.72. The SMILES string of the molecule is CC(C)C1=CC(=C2C(=C3C=C(C(C)C)C(=O)C(C(C)C)=C3)C2=C2C=C(C(C)C)C(=O)C(C(C)C)=C2)C=C(C(C)C)C1=O. The van der Waals surface area contributed by atoms with E-state index in [1.807, 2.05) is 0 Å². The molecular formula is C39H48O3. The Kier molecular flexibility index (Phi) is 8.84. The lowest BCUT2D eigenvalue weighted by atomic mass is 9.82. The van der Waals surface area contributed by atoms with Crippen LogP contribution in [0.1, 0.15) is 83.1 Å². The van der Waals surface area contributed by atoms with E-state index in [-0.39, 0.29) is 52.9 Å². The Morgan fingerprint density at radius 3 is 0.571 bits per heavy atom. The first-order chi connectivity index (χ1) is 19.6. The number of allylic oxidation sites excluding steroid dienone is 18. The summed E-state index contributed by atoms with van der Waals surface area (Å²) in [6.07, 6.45) is 12.4. The fourth-order valence-electron chi connectivity index (χ4n) is 6.08. The molecule has 1 fully saturated rings. The van der Waals surface area contributed by atoms with Crippen LogP contribution in [-0.4, -0.2) is 17.3 Å². The zero-order valence-electron chi connectivity index (χ0n) is 27.7. The molecule has 222 valence electrons. The van der Waals surface area contributed by atoms with Crippen LogP contribution in [0, 0.1) is 35.5 Å². The molecule has 4 aliphatic rings. The van der Waals surface area contributed by atoms with Crippen molar-refractivity contribution in [2.24, 2.45) is 35.5 Å². The summed E-state index contributed by atoms with van der Waals surface area (Å²) in [5.74, 6) is 0.985. The Morgan fingerprint density at radius 1 is 0.310 bits per heavy atom. The molecule has 0 atom stereocenters. The molecule has 0 aromatic carbocycles. The predicted molar refractivity (Wildman–Crippen MR) is 174 cm³/mol. The molecule has 0 radical (unpaired) electrons. The molecule has 4 rings (SSSR count). The molecule has 0 bridgehead atoms. The van der Waals surface area contributed by atoms with Crippen LogP contribution in [0.4, 0.5) is 0 Å². The van der Waals surface area contributed by atoms with Crippen molar-refractivity contribution in [1.82, 2.24) is 0 Å². The van der Waals surface area contributed by atoms with Gasteiger partial charge < -0.3 is 0 Å². The molecule has 0 saturated heterocycles. The molecule has 0 amide bonds. The Balaban J connectivity index is 2.16. The Hall–Kier alpha value is -3.33. The number of carbonyl (C=O) groups excluding carboxylic acids is 3. The van der Waals surface area contributed by atoms with E-state index < -0.39 is 0 Å². The average molecular weight is 565 g/mol. The van der Waals surface area contributed by atoms with Crippen LogP contribution in [0.2, 0.25) is 0 Å². The van der Waals surface area contributed by atoms with Crippen LogP contribution < -0.4 is 0 Å². The molecule has 0 heterocycles. The van der Waals surface area contributed by atoms with Crippen molar-refractivity contribution in [3.63, 3.8) is 0 Å². The second-order valence-corrected chi connectivity index (χ2v) is 14.0. The quantitative estimate of drug-likeness (QED) is 0.323. The standard InChI is InChI=1S/C39H48O3/c1-19(2)28-13-25(14-29(20(3)4)37(28)40)34-35(26-15-30(21(5)6)38(41)31(16-26)22(7)8)36(34)27-17-32(23(9)10)39(42)33(18-27)24(11)12/h13-24H,1-12H3. The second-order valence-electron chi connectivity index (χ2n) is 14.0. The van der Waals surface area contributed by atoms with Crippen molar-refractivity contribution in [1.29, 1.82) is 0 Å². The molecule has 1 saturated carbocycles. The lowest BCUT2D eigenvalue weighted by Gasteiger charge is -2.21. The van der Waals surface area contributed by atoms with E-state index in [0.717, 1.165) is 66.9 Å². The average Bonchev–Trinajstić information content (AvgIpc) is 3.63. The topological polar surface area (TPSA) is 51.2 Å². The van der Waals surface area contributed by atoms with E-state index in [1.165, 1.54) is 0 Å². The van der Waals surface area contributed by atoms with Gasteiger partial charge in [-0.25, -0.2) is 0 Å². The molecule has 0 aromatic rings. The second kappa shape index (κ2) is 11.7. The summed E-state index contributed by atoms with van der Waals surface area (Å²) in [6, 6.07) is 0. The van der Waals surface area contributed by atoms with Gasteiger partial charge in [-0.15, -0.1) is 0 Å². The highest BCUT2D eigenvalue weighted by atomic mass is 16.1. The smallest absolute Gasteiger partial charge is 0.185 e. The first kappa shape index (κ1) is 31.6. The fraction of sp³-hybridized carbons (Fsp3) is 0.462. The lowest BCUT2D eigenvalue weighted by Crippen LogP contribution is -2.18. The molecule has 0 N–H and O–H groups in total. The number of hydrogen-bond donors (Lipinski definition) is 0. The van der Waals surface area contributed by atoms with Gasteiger partial charge in [0.15, 0.2) is 17.3 Å². The summed E-state index contributed by atoms with van der Waals surface area (Å²) >= 11 is 0. The number of carbonyl (C=O) groups is 3. The third kappa shape index (κ3) is 5.68. The van der Waals surface area contributed by atoms with Crippen molar-refractivity contribution in [2.45, 2.75) is 83.1 Å². The summed E-state index contributed by atoms with van der Waals surface area (Å²) in [5.41, 5.74) is 11.4. The van der Waals surface area contributed by atoms with Crippen molar-refractivity contribution < 1.29 is 14.4 Å². The van der Waals surface area contributed by atoms with E-state index in [2.05, 4.69) is 120 Å². The molecular weight excluding hydrogens is 516 g/mol. The molecule has 0 aromatic heterocycles. The first-order valence-corrected chi connectivity index (χ1v) is 15.7. The van der Waals surface area contributed by atoms with Gasteiger partial charge in [0.1, 0.15) is 0 Å². The monoisotopic (exact) mass is 564 g/mol. The van der Waals surface area contributed by atoms with E-state index in [9.17, 15) is 14.4 Å². The Morgan fingerprint density at radius 2 is 0.452 bits per heavy atom. The van der Waals surface area contributed by atoms with Crippen LogP contribution in [0.5, 0.6) is 0 Å². The zero-order valence-corrected chi connectivity index (χ0v) is 27.7. The van der Waals surface area contributed by atoms with Crippen LogP contribution in [0.25, 0.3) is 0 Å². The summed E-state index contributed by atoms with van der Waals surface area (Å²) in [6.45, 7) is 24.9. The maximum Gasteiger partial charge on any atom is 0.185 e. The van der Waals surface area contributed by atoms with Crippen molar-refractivity contribution in [3.05, 3.63) is 103 Å². The summed E-state index contributed by atoms with van der Waals surface area (Å²) in [7, 11) is 0. The molecule has 42 heavy (non-hydrogen) atoms. The highest BCUT2D eigenvalue weighted by molar-refractivity contribution is 6.14. The maximum atomic E-state index is 13.4. The van der Waals surface area contributed by atoms with Crippen molar-refractivity contribution >= 4 is 17.3 Å². The summed E-state index contributed by atoms with van der Waals surface area (Å²) < 4.78 is 0. The molecule has 0 spiro atoms. The molecule has 3 nitrogen and oxygen atoms in total. The van der Waals surface area contributed by atoms with Crippen LogP contribution in [0.15, 0.2) is 103 Å². The van der Waals surface area contributed by atoms with Gasteiger partial charge in [0, 0.05) is 33.4 Å². The van der Waals surface area contributed by atoms with Crippen LogP contribution in [0.3, 0.4) is 0 Å². The number of hydrogen-bond acceptors (Lipinski definition) is 3. The van der Waals surface area contributed by atoms with E-state index >= 15 is 0 Å². The lowest BCUT2D eigenvalue weighted by molar-refractivity contribution is -0.114. The third-order valence-corrected chi connectivity index (χ3v) is 8.72. The van der Waals surface area contributed by atoms with Gasteiger partial charge in [0.25, 0.3) is 0 Å². The Bertz CT molecular complexity index is 1250. The number of Topliss-reactive ketones (excluding diaryl/α,β-unsaturated/α-hetero) is 3. The summed E-state index contributed by atoms with van der Waals surface area (Å²) in [5, 5.41) is 0. The van der Waals surface area contributed by atoms with Gasteiger partial charge in [0.05, 0.1) is 0 Å². The highest BCUT2D eigenvalue weighted by Crippen LogP contribution is 2.55. The largest absolute Gasteiger partial charge is 0.289 e. The zero-order chi connectivity index (χ0) is 31.4. The minimum absolute atomic E-state index is 0.0980.